The van der Waals surface area contributed by atoms with Gasteiger partial charge in [0.2, 0.25) is 0 Å². The van der Waals surface area contributed by atoms with E-state index in [-0.39, 0.29) is 67.7 Å². The van der Waals surface area contributed by atoms with Crippen molar-refractivity contribution in [3.8, 4) is 0 Å². The molecule has 0 bridgehead atoms. The number of halogens is 4. The van der Waals surface area contributed by atoms with E-state index >= 15 is 0 Å². The molecular formula is C69H83F4N5O10. The molecule has 0 saturated carbocycles. The van der Waals surface area contributed by atoms with E-state index in [1.54, 1.807) is 46.4 Å². The van der Waals surface area contributed by atoms with Crippen molar-refractivity contribution in [1.82, 2.24) is 16.0 Å². The van der Waals surface area contributed by atoms with Gasteiger partial charge in [-0.15, -0.1) is 0 Å². The van der Waals surface area contributed by atoms with E-state index in [1.807, 2.05) is 85.8 Å². The number of carbonyl (C=O) groups excluding carboxylic acids is 4. The van der Waals surface area contributed by atoms with Gasteiger partial charge < -0.3 is 50.5 Å². The molecule has 7 atom stereocenters. The number of nitrogens with one attached hydrogen (secondary N) is 3. The summed E-state index contributed by atoms with van der Waals surface area (Å²) in [5.74, 6) is -3.12. The Balaban J connectivity index is 0.000000209. The summed E-state index contributed by atoms with van der Waals surface area (Å²) in [7, 11) is 0. The van der Waals surface area contributed by atoms with Crippen molar-refractivity contribution in [2.24, 2.45) is 5.73 Å². The molecule has 2 aliphatic heterocycles. The van der Waals surface area contributed by atoms with Crippen molar-refractivity contribution in [1.29, 1.82) is 0 Å². The minimum atomic E-state index is -1.14. The van der Waals surface area contributed by atoms with Crippen molar-refractivity contribution in [2.75, 3.05) is 24.6 Å². The average Bonchev–Trinajstić information content (AvgIpc) is 3.87. The summed E-state index contributed by atoms with van der Waals surface area (Å²) in [6.45, 7) is 16.0. The van der Waals surface area contributed by atoms with Gasteiger partial charge in [0.25, 0.3) is 0 Å². The molecule has 2 heterocycles. The summed E-state index contributed by atoms with van der Waals surface area (Å²) < 4.78 is 81.1. The van der Waals surface area contributed by atoms with Crippen LogP contribution in [0.15, 0.2) is 133 Å². The highest BCUT2D eigenvalue weighted by atomic mass is 19.1. The van der Waals surface area contributed by atoms with Gasteiger partial charge in [-0.2, -0.15) is 0 Å². The molecule has 1 saturated heterocycles. The van der Waals surface area contributed by atoms with Crippen molar-refractivity contribution in [3.05, 3.63) is 207 Å². The molecule has 1 aliphatic carbocycles. The topological polar surface area (TPSA) is 203 Å². The number of benzene rings is 6. The van der Waals surface area contributed by atoms with E-state index in [0.29, 0.717) is 31.7 Å². The predicted octanol–water partition coefficient (Wildman–Crippen LogP) is 12.9. The largest absolute Gasteiger partial charge is 0.460 e. The second kappa shape index (κ2) is 31.4. The number of epoxide rings is 1. The Bertz CT molecular complexity index is 3250. The second-order valence-electron chi connectivity index (χ2n) is 24.2. The van der Waals surface area contributed by atoms with Gasteiger partial charge >= 0.3 is 24.2 Å². The second-order valence-corrected chi connectivity index (χ2v) is 24.2. The molecule has 0 spiro atoms. The Kier molecular flexibility index (Phi) is 24.1. The van der Waals surface area contributed by atoms with Crippen LogP contribution in [0.5, 0.6) is 0 Å². The van der Waals surface area contributed by atoms with Crippen LogP contribution in [0.4, 0.5) is 37.6 Å². The van der Waals surface area contributed by atoms with Crippen LogP contribution in [-0.4, -0.2) is 84.5 Å². The van der Waals surface area contributed by atoms with Crippen LogP contribution < -0.4 is 26.6 Å². The van der Waals surface area contributed by atoms with Crippen LogP contribution in [0.25, 0.3) is 0 Å². The first-order valence-electron chi connectivity index (χ1n) is 29.9. The highest BCUT2D eigenvalue weighted by molar-refractivity contribution is 5.89. The fourth-order valence-corrected chi connectivity index (χ4v) is 10.4. The third-order valence-electron chi connectivity index (χ3n) is 14.8. The zero-order valence-corrected chi connectivity index (χ0v) is 51.4. The first-order chi connectivity index (χ1) is 41.8. The molecule has 6 aromatic rings. The number of rotatable bonds is 18. The van der Waals surface area contributed by atoms with Gasteiger partial charge in [-0.05, 0) is 167 Å². The summed E-state index contributed by atoms with van der Waals surface area (Å²) in [6.07, 6.45) is 1.10. The predicted molar refractivity (Wildman–Crippen MR) is 328 cm³/mol. The van der Waals surface area contributed by atoms with Crippen LogP contribution in [0, 0.1) is 23.3 Å². The minimum Gasteiger partial charge on any atom is -0.460 e. The Morgan fingerprint density at radius 3 is 1.66 bits per heavy atom. The molecule has 88 heavy (non-hydrogen) atoms. The average molecular weight is 1220 g/mol. The molecule has 6 aromatic carbocycles. The van der Waals surface area contributed by atoms with Gasteiger partial charge in [-0.25, -0.2) is 31.9 Å². The van der Waals surface area contributed by atoms with Crippen LogP contribution in [-0.2, 0) is 67.4 Å². The molecule has 19 heteroatoms. The molecule has 3 amide bonds. The zero-order valence-electron chi connectivity index (χ0n) is 51.4. The van der Waals surface area contributed by atoms with Gasteiger partial charge in [-0.1, -0.05) is 105 Å². The number of hydrogen-bond acceptors (Lipinski definition) is 12. The van der Waals surface area contributed by atoms with Crippen molar-refractivity contribution >= 4 is 29.9 Å². The summed E-state index contributed by atoms with van der Waals surface area (Å²) >= 11 is 0. The first-order valence-corrected chi connectivity index (χ1v) is 29.9. The molecular weight excluding hydrogens is 1130 g/mol. The maximum absolute atomic E-state index is 13.9. The Hall–Kier alpha value is -7.84. The Morgan fingerprint density at radius 1 is 0.614 bits per heavy atom. The van der Waals surface area contributed by atoms with Crippen LogP contribution >= 0.6 is 0 Å². The highest BCUT2D eigenvalue weighted by Crippen LogP contribution is 2.39. The number of carbonyl (C=O) groups is 4. The van der Waals surface area contributed by atoms with Gasteiger partial charge in [0.15, 0.2) is 0 Å². The normalized spacial score (nSPS) is 17.8. The van der Waals surface area contributed by atoms with E-state index in [1.165, 1.54) is 29.8 Å². The number of fused-ring (bicyclic) bond motifs is 2. The zero-order chi connectivity index (χ0) is 63.7. The number of nitrogens with two attached hydrogens (primary N) is 1. The lowest BCUT2D eigenvalue weighted by atomic mass is 9.79. The first kappa shape index (κ1) is 67.7. The van der Waals surface area contributed by atoms with E-state index < -0.39 is 64.9 Å². The van der Waals surface area contributed by atoms with E-state index in [2.05, 4.69) is 41.1 Å². The van der Waals surface area contributed by atoms with Gasteiger partial charge in [0.1, 0.15) is 53.8 Å². The fourth-order valence-electron chi connectivity index (χ4n) is 10.4. The molecule has 3 unspecified atom stereocenters. The number of ether oxygens (including phenoxy) is 5. The number of aliphatic hydroxyl groups excluding tert-OH is 1. The van der Waals surface area contributed by atoms with Crippen LogP contribution in [0.3, 0.4) is 0 Å². The highest BCUT2D eigenvalue weighted by Gasteiger charge is 2.36. The molecule has 6 N–H and O–H groups in total. The number of anilines is 1. The summed E-state index contributed by atoms with van der Waals surface area (Å²) in [5.41, 5.74) is 13.6. The lowest BCUT2D eigenvalue weighted by Gasteiger charge is -2.35. The number of aliphatic hydroxyl groups is 1. The van der Waals surface area contributed by atoms with Crippen molar-refractivity contribution < 1.29 is 65.5 Å². The molecule has 3 aliphatic rings. The number of hydrogen-bond donors (Lipinski definition) is 5. The van der Waals surface area contributed by atoms with Crippen molar-refractivity contribution in [2.45, 2.75) is 167 Å². The van der Waals surface area contributed by atoms with Gasteiger partial charge in [0, 0.05) is 37.3 Å². The summed E-state index contributed by atoms with van der Waals surface area (Å²) in [6, 6.07) is 36.4. The fraction of sp³-hybridized carbons (Fsp3) is 0.420. The minimum absolute atomic E-state index is 0.0228. The molecule has 472 valence electrons. The van der Waals surface area contributed by atoms with Crippen LogP contribution in [0.1, 0.15) is 143 Å². The third-order valence-corrected chi connectivity index (χ3v) is 14.8. The standard InChI is InChI=1S/C34H41F2N3O5.C20H23NO2.C15H19F2NO3/c1-5-22-11-12-30-27(17-22)28(13-14-39(30)33(42)43-21-23-9-7-6-8-10-23)37-20-31(40)29(38-32(41)44-34(2,3)4)18-24-15-25(35)19-26(36)16-24;1-2-14-8-9-16-17(10-11-19(21)18(16)12-14)20(22)23-13-15-6-4-3-5-7-15;1-15(2,3)21-14(19)18-12(13-8-20-13)6-9-4-10(16)7-11(17)5-9/h6-12,15-17,19,28-29,31,37,40H,5,13-14,18,20-21H2,1-4H3,(H,38,41);3-9,12,17,19H,2,10-11,13,21H2,1H3;4-5,7,12-13H,6,8H2,1-3H3,(H,18,19)/t28?,29-,31+;;12-,13+/m0.0/s1. The quantitative estimate of drug-likeness (QED) is 0.0236. The summed E-state index contributed by atoms with van der Waals surface area (Å²) in [4.78, 5) is 51.7. The number of esters is 1. The smallest absolute Gasteiger partial charge is 0.414 e. The van der Waals surface area contributed by atoms with E-state index in [9.17, 15) is 41.8 Å². The maximum atomic E-state index is 13.9. The van der Waals surface area contributed by atoms with Crippen LogP contribution in [0.2, 0.25) is 0 Å². The van der Waals surface area contributed by atoms with E-state index in [0.717, 1.165) is 76.9 Å². The molecule has 0 radical (unpaired) electrons. The summed E-state index contributed by atoms with van der Waals surface area (Å²) in [5, 5.41) is 20.0. The molecule has 9 rings (SSSR count). The van der Waals surface area contributed by atoms with Gasteiger partial charge in [-0.3, -0.25) is 9.69 Å². The third kappa shape index (κ3) is 21.2. The SMILES string of the molecule is CC(C)(C)OC(=O)N[C@@H](Cc1cc(F)cc(F)c1)[C@H]1CO1.CCc1ccc2c(c1)C(N)CCC2C(=O)OCc1ccccc1.CCc1ccc2c(c1)C(NC[C@@H](O)[C@H](Cc1cc(F)cc(F)c1)NC(=O)OC(C)(C)C)CCN2C(=O)OCc1ccccc1. The monoisotopic (exact) mass is 1220 g/mol. The number of amides is 3. The lowest BCUT2D eigenvalue weighted by Crippen LogP contribution is -2.50. The van der Waals surface area contributed by atoms with Gasteiger partial charge in [0.05, 0.1) is 36.4 Å². The van der Waals surface area contributed by atoms with Crippen molar-refractivity contribution in [3.63, 3.8) is 0 Å². The molecule has 15 nitrogen and oxygen atoms in total. The molecule has 0 aromatic heterocycles. The Labute approximate surface area is 513 Å². The Morgan fingerprint density at radius 2 is 1.12 bits per heavy atom. The maximum Gasteiger partial charge on any atom is 0.414 e. The lowest BCUT2D eigenvalue weighted by molar-refractivity contribution is -0.147. The number of alkyl carbamates (subject to hydrolysis) is 2. The number of aryl methyl sites for hydroxylation is 2. The van der Waals surface area contributed by atoms with E-state index in [4.69, 9.17) is 29.4 Å². The number of nitrogens with zero attached hydrogens (tertiary/aromatic N) is 1. The molecule has 1 fully saturated rings.